The van der Waals surface area contributed by atoms with E-state index in [0.29, 0.717) is 5.75 Å². The van der Waals surface area contributed by atoms with E-state index in [1.54, 1.807) is 12.1 Å². The van der Waals surface area contributed by atoms with Gasteiger partial charge in [0.2, 0.25) is 0 Å². The lowest BCUT2D eigenvalue weighted by molar-refractivity contribution is -0.384. The highest BCUT2D eigenvalue weighted by atomic mass is 16.6. The zero-order chi connectivity index (χ0) is 18.4. The first kappa shape index (κ1) is 17.9. The highest BCUT2D eigenvalue weighted by Gasteiger charge is 2.10. The molecule has 0 heterocycles. The summed E-state index contributed by atoms with van der Waals surface area (Å²) < 4.78 is 5.37. The van der Waals surface area contributed by atoms with Crippen LogP contribution in [0.4, 0.5) is 5.69 Å². The number of non-ortho nitro benzene ring substituents is 1. The summed E-state index contributed by atoms with van der Waals surface area (Å²) in [6.45, 7) is 3.58. The molecule has 0 aromatic heterocycles. The molecule has 2 amide bonds. The first-order chi connectivity index (χ1) is 11.8. The van der Waals surface area contributed by atoms with Crippen molar-refractivity contribution in [2.75, 3.05) is 6.61 Å². The van der Waals surface area contributed by atoms with Crippen LogP contribution in [0, 0.1) is 24.0 Å². The van der Waals surface area contributed by atoms with Gasteiger partial charge in [-0.2, -0.15) is 0 Å². The summed E-state index contributed by atoms with van der Waals surface area (Å²) >= 11 is 0. The fourth-order valence-electron chi connectivity index (χ4n) is 2.13. The number of hydrogen-bond acceptors (Lipinski definition) is 5. The molecule has 0 atom stereocenters. The molecule has 0 saturated heterocycles. The Morgan fingerprint density at radius 3 is 2.20 bits per heavy atom. The number of hydrazine groups is 1. The fraction of sp³-hybridized carbons (Fsp3) is 0.176. The van der Waals surface area contributed by atoms with Gasteiger partial charge < -0.3 is 4.74 Å². The zero-order valence-electron chi connectivity index (χ0n) is 13.7. The van der Waals surface area contributed by atoms with Crippen LogP contribution in [0.1, 0.15) is 21.5 Å². The lowest BCUT2D eigenvalue weighted by Gasteiger charge is -2.10. The van der Waals surface area contributed by atoms with Gasteiger partial charge in [0.1, 0.15) is 5.75 Å². The maximum absolute atomic E-state index is 11.9. The number of aryl methyl sites for hydroxylation is 2. The maximum atomic E-state index is 11.9. The van der Waals surface area contributed by atoms with Crippen LogP contribution in [0.2, 0.25) is 0 Å². The minimum Gasteiger partial charge on any atom is -0.484 e. The van der Waals surface area contributed by atoms with Gasteiger partial charge in [-0.05, 0) is 49.2 Å². The van der Waals surface area contributed by atoms with Gasteiger partial charge in [-0.15, -0.1) is 0 Å². The van der Waals surface area contributed by atoms with Crippen LogP contribution in [-0.4, -0.2) is 23.3 Å². The van der Waals surface area contributed by atoms with Crippen LogP contribution < -0.4 is 15.6 Å². The molecule has 0 bridgehead atoms. The van der Waals surface area contributed by atoms with Crippen molar-refractivity contribution in [3.05, 3.63) is 69.3 Å². The first-order valence-corrected chi connectivity index (χ1v) is 7.40. The Kier molecular flexibility index (Phi) is 5.67. The van der Waals surface area contributed by atoms with E-state index >= 15 is 0 Å². The van der Waals surface area contributed by atoms with Gasteiger partial charge in [-0.1, -0.05) is 6.07 Å². The number of ether oxygens (including phenoxy) is 1. The molecule has 130 valence electrons. The largest absolute Gasteiger partial charge is 0.484 e. The van der Waals surface area contributed by atoms with Gasteiger partial charge in [0.25, 0.3) is 17.5 Å². The van der Waals surface area contributed by atoms with Crippen molar-refractivity contribution in [3.63, 3.8) is 0 Å². The van der Waals surface area contributed by atoms with Crippen LogP contribution in [0.25, 0.3) is 0 Å². The summed E-state index contributed by atoms with van der Waals surface area (Å²) in [6.07, 6.45) is 0. The van der Waals surface area contributed by atoms with Crippen molar-refractivity contribution < 1.29 is 19.2 Å². The number of rotatable bonds is 5. The molecule has 0 unspecified atom stereocenters. The second-order valence-corrected chi connectivity index (χ2v) is 5.42. The molecule has 8 heteroatoms. The lowest BCUT2D eigenvalue weighted by atomic mass is 10.1. The van der Waals surface area contributed by atoms with Crippen molar-refractivity contribution >= 4 is 17.5 Å². The number of nitro benzene ring substituents is 1. The van der Waals surface area contributed by atoms with Gasteiger partial charge in [-0.3, -0.25) is 30.6 Å². The van der Waals surface area contributed by atoms with Crippen LogP contribution in [-0.2, 0) is 4.79 Å². The second-order valence-electron chi connectivity index (χ2n) is 5.42. The molecule has 0 saturated carbocycles. The van der Waals surface area contributed by atoms with Crippen molar-refractivity contribution in [3.8, 4) is 5.75 Å². The Labute approximate surface area is 143 Å². The van der Waals surface area contributed by atoms with E-state index in [1.807, 2.05) is 19.9 Å². The standard InChI is InChI=1S/C17H17N3O5/c1-11-7-12(2)9-15(8-11)25-10-16(21)18-19-17(22)13-3-5-14(6-4-13)20(23)24/h3-9H,10H2,1-2H3,(H,18,21)(H,19,22). The molecule has 0 aliphatic heterocycles. The topological polar surface area (TPSA) is 111 Å². The Morgan fingerprint density at radius 1 is 1.04 bits per heavy atom. The van der Waals surface area contributed by atoms with Gasteiger partial charge in [-0.25, -0.2) is 0 Å². The average molecular weight is 343 g/mol. The normalized spacial score (nSPS) is 10.0. The number of carbonyl (C=O) groups excluding carboxylic acids is 2. The molecular formula is C17H17N3O5. The average Bonchev–Trinajstić information content (AvgIpc) is 2.57. The molecule has 0 aliphatic carbocycles. The molecule has 2 aromatic carbocycles. The molecule has 0 spiro atoms. The van der Waals surface area contributed by atoms with Crippen LogP contribution in [0.3, 0.4) is 0 Å². The third kappa shape index (κ3) is 5.31. The van der Waals surface area contributed by atoms with Gasteiger partial charge in [0.05, 0.1) is 4.92 Å². The van der Waals surface area contributed by atoms with Crippen molar-refractivity contribution in [1.82, 2.24) is 10.9 Å². The maximum Gasteiger partial charge on any atom is 0.276 e. The molecule has 0 radical (unpaired) electrons. The predicted octanol–water partition coefficient (Wildman–Crippen LogP) is 2.05. The van der Waals surface area contributed by atoms with Crippen LogP contribution in [0.5, 0.6) is 5.75 Å². The van der Waals surface area contributed by atoms with Gasteiger partial charge in [0.15, 0.2) is 6.61 Å². The molecule has 2 N–H and O–H groups in total. The summed E-state index contributed by atoms with van der Waals surface area (Å²) in [5, 5.41) is 10.6. The quantitative estimate of drug-likeness (QED) is 0.638. The third-order valence-electron chi connectivity index (χ3n) is 3.22. The lowest BCUT2D eigenvalue weighted by Crippen LogP contribution is -2.43. The summed E-state index contributed by atoms with van der Waals surface area (Å²) in [4.78, 5) is 33.6. The summed E-state index contributed by atoms with van der Waals surface area (Å²) in [5.41, 5.74) is 6.53. The summed E-state index contributed by atoms with van der Waals surface area (Å²) in [7, 11) is 0. The molecule has 0 aliphatic rings. The van der Waals surface area contributed by atoms with E-state index in [9.17, 15) is 19.7 Å². The van der Waals surface area contributed by atoms with E-state index in [2.05, 4.69) is 10.9 Å². The molecule has 8 nitrogen and oxygen atoms in total. The van der Waals surface area contributed by atoms with Crippen molar-refractivity contribution in [1.29, 1.82) is 0 Å². The Bertz CT molecular complexity index is 782. The highest BCUT2D eigenvalue weighted by Crippen LogP contribution is 2.16. The molecule has 25 heavy (non-hydrogen) atoms. The number of benzene rings is 2. The monoisotopic (exact) mass is 343 g/mol. The minimum atomic E-state index is -0.588. The third-order valence-corrected chi connectivity index (χ3v) is 3.22. The smallest absolute Gasteiger partial charge is 0.276 e. The van der Waals surface area contributed by atoms with E-state index in [4.69, 9.17) is 4.74 Å². The van der Waals surface area contributed by atoms with E-state index in [0.717, 1.165) is 11.1 Å². The predicted molar refractivity (Wildman–Crippen MR) is 90.1 cm³/mol. The molecule has 0 fully saturated rings. The SMILES string of the molecule is Cc1cc(C)cc(OCC(=O)NNC(=O)c2ccc([N+](=O)[O-])cc2)c1. The molecule has 2 rings (SSSR count). The highest BCUT2D eigenvalue weighted by molar-refractivity contribution is 5.95. The van der Waals surface area contributed by atoms with Crippen molar-refractivity contribution in [2.45, 2.75) is 13.8 Å². The van der Waals surface area contributed by atoms with Crippen LogP contribution in [0.15, 0.2) is 42.5 Å². The molecule has 2 aromatic rings. The van der Waals surface area contributed by atoms with Crippen molar-refractivity contribution in [2.24, 2.45) is 0 Å². The van der Waals surface area contributed by atoms with E-state index in [1.165, 1.54) is 24.3 Å². The van der Waals surface area contributed by atoms with E-state index in [-0.39, 0.29) is 17.9 Å². The summed E-state index contributed by atoms with van der Waals surface area (Å²) in [5.74, 6) is -0.557. The molecular weight excluding hydrogens is 326 g/mol. The fourth-order valence-corrected chi connectivity index (χ4v) is 2.13. The van der Waals surface area contributed by atoms with E-state index < -0.39 is 16.7 Å². The van der Waals surface area contributed by atoms with Gasteiger partial charge >= 0.3 is 0 Å². The number of hydrogen-bond donors (Lipinski definition) is 2. The second kappa shape index (κ2) is 7.91. The number of nitrogens with one attached hydrogen (secondary N) is 2. The number of nitrogens with zero attached hydrogens (tertiary/aromatic N) is 1. The van der Waals surface area contributed by atoms with Crippen LogP contribution >= 0.6 is 0 Å². The Morgan fingerprint density at radius 2 is 1.64 bits per heavy atom. The Balaban J connectivity index is 1.82. The first-order valence-electron chi connectivity index (χ1n) is 7.40. The number of amides is 2. The minimum absolute atomic E-state index is 0.123. The zero-order valence-corrected chi connectivity index (χ0v) is 13.7. The van der Waals surface area contributed by atoms with Gasteiger partial charge in [0, 0.05) is 17.7 Å². The summed E-state index contributed by atoms with van der Waals surface area (Å²) in [6, 6.07) is 10.6. The number of nitro groups is 1. The number of carbonyl (C=O) groups is 2. The Hall–Kier alpha value is -3.42.